The Bertz CT molecular complexity index is 1450. The summed E-state index contributed by atoms with van der Waals surface area (Å²) >= 11 is 0. The number of imide groups is 1. The Hall–Kier alpha value is -4.00. The van der Waals surface area contributed by atoms with E-state index in [1.54, 1.807) is 29.2 Å². The molecule has 2 saturated heterocycles. The van der Waals surface area contributed by atoms with Crippen LogP contribution in [0.1, 0.15) is 25.7 Å². The number of carbonyl (C=O) groups is 4. The summed E-state index contributed by atoms with van der Waals surface area (Å²) in [7, 11) is 0. The first kappa shape index (κ1) is 22.2. The Balaban J connectivity index is 1.08. The van der Waals surface area contributed by atoms with Gasteiger partial charge in [-0.05, 0) is 54.7 Å². The highest BCUT2D eigenvalue weighted by molar-refractivity contribution is 6.22. The van der Waals surface area contributed by atoms with Crippen molar-refractivity contribution in [1.82, 2.24) is 0 Å². The maximum absolute atomic E-state index is 13.2. The molecule has 7 rings (SSSR count). The molecule has 2 aliphatic heterocycles. The van der Waals surface area contributed by atoms with E-state index in [9.17, 15) is 19.2 Å². The van der Waals surface area contributed by atoms with Gasteiger partial charge in [0.2, 0.25) is 17.7 Å². The highest BCUT2D eigenvalue weighted by Crippen LogP contribution is 2.56. The molecule has 0 aromatic heterocycles. The molecule has 4 fully saturated rings. The smallest absolute Gasteiger partial charge is 0.316 e. The minimum atomic E-state index is -0.611. The molecule has 186 valence electrons. The first-order valence-corrected chi connectivity index (χ1v) is 13.0. The number of hydrogen-bond donors (Lipinski definition) is 0. The van der Waals surface area contributed by atoms with Crippen LogP contribution in [0.25, 0.3) is 10.8 Å². The van der Waals surface area contributed by atoms with Gasteiger partial charge in [-0.2, -0.15) is 0 Å². The summed E-state index contributed by atoms with van der Waals surface area (Å²) in [5.74, 6) is -1.02. The molecule has 2 bridgehead atoms. The van der Waals surface area contributed by atoms with Gasteiger partial charge in [0, 0.05) is 24.4 Å². The molecule has 3 aromatic carbocycles. The number of fused-ring (bicyclic) bond motifs is 6. The van der Waals surface area contributed by atoms with E-state index < -0.39 is 11.9 Å². The van der Waals surface area contributed by atoms with Crippen LogP contribution in [0.4, 0.5) is 11.4 Å². The number of rotatable bonds is 4. The lowest BCUT2D eigenvalue weighted by atomic mass is 9.81. The fraction of sp³-hybridized carbons (Fsp3) is 0.333. The Kier molecular flexibility index (Phi) is 4.96. The Morgan fingerprint density at radius 2 is 1.54 bits per heavy atom. The molecular formula is C30H26N2O5. The molecule has 3 aromatic rings. The molecule has 0 unspecified atom stereocenters. The molecule has 2 saturated carbocycles. The molecule has 0 spiro atoms. The second-order valence-corrected chi connectivity index (χ2v) is 10.7. The summed E-state index contributed by atoms with van der Waals surface area (Å²) in [6.07, 6.45) is 3.09. The summed E-state index contributed by atoms with van der Waals surface area (Å²) in [5, 5.41) is 1.98. The number of ether oxygens (including phenoxy) is 1. The number of anilines is 2. The van der Waals surface area contributed by atoms with Gasteiger partial charge in [-0.1, -0.05) is 42.5 Å². The van der Waals surface area contributed by atoms with Crippen LogP contribution >= 0.6 is 0 Å². The lowest BCUT2D eigenvalue weighted by molar-refractivity contribution is -0.139. The van der Waals surface area contributed by atoms with Gasteiger partial charge in [0.25, 0.3) is 0 Å². The predicted octanol–water partition coefficient (Wildman–Crippen LogP) is 4.33. The van der Waals surface area contributed by atoms with Gasteiger partial charge in [-0.3, -0.25) is 19.2 Å². The molecule has 7 heteroatoms. The van der Waals surface area contributed by atoms with E-state index in [1.807, 2.05) is 42.5 Å². The number of benzene rings is 3. The van der Waals surface area contributed by atoms with Gasteiger partial charge in [0.15, 0.2) is 0 Å². The third-order valence-electron chi connectivity index (χ3n) is 8.74. The minimum Gasteiger partial charge on any atom is -0.426 e. The SMILES string of the molecule is O=C(Oc1cccc(N2C(=O)[C@@H]3[C@H]4CC[C@@H](C4)[C@H]3C2=O)c1)[C@@H]1CC(=O)N(c2cccc3ccccc23)C1. The number of nitrogens with zero attached hydrogens (tertiary/aromatic N) is 2. The molecule has 3 amide bonds. The fourth-order valence-corrected chi connectivity index (χ4v) is 7.09. The Morgan fingerprint density at radius 1 is 0.838 bits per heavy atom. The minimum absolute atomic E-state index is 0.0664. The van der Waals surface area contributed by atoms with Gasteiger partial charge < -0.3 is 9.64 Å². The average Bonchev–Trinajstić information content (AvgIpc) is 3.67. The topological polar surface area (TPSA) is 84.0 Å². The van der Waals surface area contributed by atoms with Crippen LogP contribution in [0.3, 0.4) is 0 Å². The van der Waals surface area contributed by atoms with Crippen molar-refractivity contribution in [3.8, 4) is 5.75 Å². The lowest BCUT2D eigenvalue weighted by Gasteiger charge is -2.19. The molecule has 7 nitrogen and oxygen atoms in total. The van der Waals surface area contributed by atoms with Gasteiger partial charge in [0.05, 0.1) is 29.1 Å². The van der Waals surface area contributed by atoms with Crippen LogP contribution in [0.15, 0.2) is 66.7 Å². The zero-order valence-corrected chi connectivity index (χ0v) is 20.2. The first-order chi connectivity index (χ1) is 18.0. The van der Waals surface area contributed by atoms with E-state index in [2.05, 4.69) is 0 Å². The summed E-state index contributed by atoms with van der Waals surface area (Å²) in [6.45, 7) is 0.237. The van der Waals surface area contributed by atoms with Crippen molar-refractivity contribution in [2.45, 2.75) is 25.7 Å². The summed E-state index contributed by atoms with van der Waals surface area (Å²) in [4.78, 5) is 55.3. The third-order valence-corrected chi connectivity index (χ3v) is 8.74. The molecular weight excluding hydrogens is 468 g/mol. The first-order valence-electron chi connectivity index (χ1n) is 13.0. The van der Waals surface area contributed by atoms with Crippen molar-refractivity contribution < 1.29 is 23.9 Å². The molecule has 4 aliphatic rings. The maximum Gasteiger partial charge on any atom is 0.316 e. The van der Waals surface area contributed by atoms with Crippen LogP contribution in [0.5, 0.6) is 5.75 Å². The van der Waals surface area contributed by atoms with E-state index >= 15 is 0 Å². The van der Waals surface area contributed by atoms with E-state index in [1.165, 1.54) is 4.90 Å². The fourth-order valence-electron chi connectivity index (χ4n) is 7.09. The zero-order valence-electron chi connectivity index (χ0n) is 20.2. The number of esters is 1. The lowest BCUT2D eigenvalue weighted by Crippen LogP contribution is -2.32. The van der Waals surface area contributed by atoms with Crippen molar-refractivity contribution in [1.29, 1.82) is 0 Å². The van der Waals surface area contributed by atoms with Crippen LogP contribution in [0.2, 0.25) is 0 Å². The van der Waals surface area contributed by atoms with E-state index in [4.69, 9.17) is 4.74 Å². The molecule has 0 N–H and O–H groups in total. The van der Waals surface area contributed by atoms with Crippen LogP contribution in [-0.4, -0.2) is 30.2 Å². The maximum atomic E-state index is 13.2. The van der Waals surface area contributed by atoms with E-state index in [-0.39, 0.29) is 48.3 Å². The van der Waals surface area contributed by atoms with Crippen LogP contribution in [-0.2, 0) is 19.2 Å². The summed E-state index contributed by atoms with van der Waals surface area (Å²) in [6, 6.07) is 20.2. The molecule has 5 atom stereocenters. The quantitative estimate of drug-likeness (QED) is 0.306. The summed E-state index contributed by atoms with van der Waals surface area (Å²) < 4.78 is 5.67. The van der Waals surface area contributed by atoms with Gasteiger partial charge in [-0.15, -0.1) is 0 Å². The van der Waals surface area contributed by atoms with Crippen LogP contribution < -0.4 is 14.5 Å². The number of carbonyl (C=O) groups excluding carboxylic acids is 4. The summed E-state index contributed by atoms with van der Waals surface area (Å²) in [5.41, 5.74) is 1.22. The van der Waals surface area contributed by atoms with Crippen molar-refractivity contribution in [3.05, 3.63) is 66.7 Å². The van der Waals surface area contributed by atoms with Crippen molar-refractivity contribution in [3.63, 3.8) is 0 Å². The highest BCUT2D eigenvalue weighted by Gasteiger charge is 2.61. The second-order valence-electron chi connectivity index (χ2n) is 10.7. The van der Waals surface area contributed by atoms with Crippen molar-refractivity contribution in [2.75, 3.05) is 16.3 Å². The Labute approximate surface area is 214 Å². The van der Waals surface area contributed by atoms with Gasteiger partial charge in [-0.25, -0.2) is 4.90 Å². The van der Waals surface area contributed by atoms with Crippen molar-refractivity contribution >= 4 is 45.8 Å². The zero-order chi connectivity index (χ0) is 25.3. The van der Waals surface area contributed by atoms with Crippen LogP contribution in [0, 0.1) is 29.6 Å². The molecule has 2 aliphatic carbocycles. The molecule has 2 heterocycles. The second kappa shape index (κ2) is 8.26. The monoisotopic (exact) mass is 494 g/mol. The largest absolute Gasteiger partial charge is 0.426 e. The molecule has 37 heavy (non-hydrogen) atoms. The number of amides is 3. The highest BCUT2D eigenvalue weighted by atomic mass is 16.5. The van der Waals surface area contributed by atoms with Gasteiger partial charge in [0.1, 0.15) is 5.75 Å². The van der Waals surface area contributed by atoms with E-state index in [0.717, 1.165) is 35.7 Å². The van der Waals surface area contributed by atoms with Gasteiger partial charge >= 0.3 is 5.97 Å². The standard InChI is InChI=1S/C30H26N2O5/c33-25-14-20(16-31(25)24-10-3-6-17-5-1-2-9-23(17)24)30(36)37-22-8-4-7-21(15-22)32-28(34)26-18-11-12-19(13-18)27(26)29(32)35/h1-10,15,18-20,26-27H,11-14,16H2/t18-,19-,20+,26+,27+/m0/s1. The normalized spacial score (nSPS) is 28.4. The van der Waals surface area contributed by atoms with Crippen molar-refractivity contribution in [2.24, 2.45) is 29.6 Å². The predicted molar refractivity (Wildman–Crippen MR) is 137 cm³/mol. The van der Waals surface area contributed by atoms with E-state index in [0.29, 0.717) is 17.5 Å². The average molecular weight is 495 g/mol. The Morgan fingerprint density at radius 3 is 2.32 bits per heavy atom. The number of hydrogen-bond acceptors (Lipinski definition) is 5. The molecule has 0 radical (unpaired) electrons. The third kappa shape index (κ3) is 3.40.